The number of benzene rings is 1. The van der Waals surface area contributed by atoms with Gasteiger partial charge in [0.1, 0.15) is 0 Å². The molecule has 0 amide bonds. The molecule has 7 heteroatoms. The number of rotatable bonds is 4. The second-order valence-electron chi connectivity index (χ2n) is 4.82. The van der Waals surface area contributed by atoms with Crippen molar-refractivity contribution in [2.75, 3.05) is 7.11 Å². The van der Waals surface area contributed by atoms with Crippen LogP contribution < -0.4 is 9.47 Å². The number of furan rings is 1. The molecule has 1 aliphatic rings. The summed E-state index contributed by atoms with van der Waals surface area (Å²) in [5, 5.41) is 0. The Bertz CT molecular complexity index is 848. The van der Waals surface area contributed by atoms with Crippen molar-refractivity contribution >= 4 is 23.9 Å². The molecule has 1 aromatic carbocycles. The van der Waals surface area contributed by atoms with E-state index in [1.54, 1.807) is 30.3 Å². The van der Waals surface area contributed by atoms with Crippen LogP contribution in [0.2, 0.25) is 0 Å². The molecular weight excluding hydrogens is 314 g/mol. The van der Waals surface area contributed by atoms with E-state index in [2.05, 4.69) is 4.99 Å². The van der Waals surface area contributed by atoms with Gasteiger partial charge in [-0.25, -0.2) is 9.79 Å². The van der Waals surface area contributed by atoms with E-state index in [1.165, 1.54) is 26.4 Å². The molecule has 0 atom stereocenters. The zero-order valence-electron chi connectivity index (χ0n) is 12.9. The summed E-state index contributed by atoms with van der Waals surface area (Å²) in [6.07, 6.45) is 2.98. The molecule has 122 valence electrons. The quantitative estimate of drug-likeness (QED) is 0.487. The summed E-state index contributed by atoms with van der Waals surface area (Å²) in [6.45, 7) is 1.29. The topological polar surface area (TPSA) is 87.3 Å². The molecule has 1 aromatic heterocycles. The number of ether oxygens (including phenoxy) is 3. The Balaban J connectivity index is 1.93. The third-order valence-corrected chi connectivity index (χ3v) is 3.10. The van der Waals surface area contributed by atoms with Crippen LogP contribution in [0.1, 0.15) is 18.2 Å². The number of methoxy groups -OCH3 is 1. The molecular formula is C17H13NO6. The van der Waals surface area contributed by atoms with Gasteiger partial charge in [-0.3, -0.25) is 4.79 Å². The molecule has 0 saturated heterocycles. The Morgan fingerprint density at radius 2 is 2.08 bits per heavy atom. The van der Waals surface area contributed by atoms with E-state index in [0.717, 1.165) is 0 Å². The highest BCUT2D eigenvalue weighted by Gasteiger charge is 2.25. The highest BCUT2D eigenvalue weighted by molar-refractivity contribution is 6.11. The minimum Gasteiger partial charge on any atom is -0.493 e. The first-order valence-corrected chi connectivity index (χ1v) is 6.99. The number of nitrogens with zero attached hydrogens (tertiary/aromatic N) is 1. The number of carbonyl (C=O) groups is 2. The average molecular weight is 327 g/mol. The van der Waals surface area contributed by atoms with Gasteiger partial charge >= 0.3 is 11.9 Å². The monoisotopic (exact) mass is 327 g/mol. The molecule has 1 aliphatic heterocycles. The van der Waals surface area contributed by atoms with Gasteiger partial charge in [0.2, 0.25) is 0 Å². The summed E-state index contributed by atoms with van der Waals surface area (Å²) < 4.78 is 20.4. The van der Waals surface area contributed by atoms with E-state index in [4.69, 9.17) is 18.6 Å². The summed E-state index contributed by atoms with van der Waals surface area (Å²) in [4.78, 5) is 27.2. The second kappa shape index (κ2) is 6.41. The number of esters is 2. The van der Waals surface area contributed by atoms with Gasteiger partial charge in [-0.15, -0.1) is 0 Å². The van der Waals surface area contributed by atoms with Gasteiger partial charge in [-0.1, -0.05) is 6.07 Å². The molecule has 0 radical (unpaired) electrons. The van der Waals surface area contributed by atoms with Crippen molar-refractivity contribution in [2.24, 2.45) is 4.99 Å². The van der Waals surface area contributed by atoms with Crippen molar-refractivity contribution in [3.05, 3.63) is 53.6 Å². The van der Waals surface area contributed by atoms with E-state index in [-0.39, 0.29) is 17.3 Å². The first kappa shape index (κ1) is 15.5. The normalized spacial score (nSPS) is 15.2. The lowest BCUT2D eigenvalue weighted by atomic mass is 10.1. The predicted octanol–water partition coefficient (Wildman–Crippen LogP) is 2.56. The minimum atomic E-state index is -0.591. The lowest BCUT2D eigenvalue weighted by Gasteiger charge is -2.08. The third kappa shape index (κ3) is 3.19. The molecule has 0 bridgehead atoms. The van der Waals surface area contributed by atoms with Gasteiger partial charge in [0.25, 0.3) is 5.90 Å². The van der Waals surface area contributed by atoms with Crippen LogP contribution in [-0.4, -0.2) is 24.9 Å². The van der Waals surface area contributed by atoms with Crippen molar-refractivity contribution in [1.29, 1.82) is 0 Å². The summed E-state index contributed by atoms with van der Waals surface area (Å²) in [6, 6.07) is 8.21. The molecule has 0 spiro atoms. The maximum atomic E-state index is 11.9. The Morgan fingerprint density at radius 1 is 1.25 bits per heavy atom. The number of carbonyl (C=O) groups excluding carboxylic acids is 2. The van der Waals surface area contributed by atoms with Gasteiger partial charge in [0.05, 0.1) is 13.4 Å². The van der Waals surface area contributed by atoms with Gasteiger partial charge in [0.15, 0.2) is 23.0 Å². The fraction of sp³-hybridized carbons (Fsp3) is 0.118. The summed E-state index contributed by atoms with van der Waals surface area (Å²) in [5.74, 6) is 0.0527. The van der Waals surface area contributed by atoms with E-state index in [9.17, 15) is 9.59 Å². The summed E-state index contributed by atoms with van der Waals surface area (Å²) in [5.41, 5.74) is 0.712. The number of hydrogen-bond acceptors (Lipinski definition) is 7. The molecule has 7 nitrogen and oxygen atoms in total. The Morgan fingerprint density at radius 3 is 2.75 bits per heavy atom. The van der Waals surface area contributed by atoms with Crippen molar-refractivity contribution in [2.45, 2.75) is 6.92 Å². The lowest BCUT2D eigenvalue weighted by molar-refractivity contribution is -0.132. The van der Waals surface area contributed by atoms with E-state index in [0.29, 0.717) is 17.1 Å². The van der Waals surface area contributed by atoms with Crippen LogP contribution in [0.15, 0.2) is 51.7 Å². The molecule has 3 rings (SSSR count). The van der Waals surface area contributed by atoms with Crippen LogP contribution >= 0.6 is 0 Å². The van der Waals surface area contributed by atoms with Crippen molar-refractivity contribution < 1.29 is 28.2 Å². The van der Waals surface area contributed by atoms with Crippen molar-refractivity contribution in [3.8, 4) is 11.5 Å². The Hall–Kier alpha value is -3.35. The molecule has 2 heterocycles. The fourth-order valence-corrected chi connectivity index (χ4v) is 2.09. The Kier molecular flexibility index (Phi) is 4.15. The van der Waals surface area contributed by atoms with E-state index in [1.807, 2.05) is 0 Å². The molecule has 2 aromatic rings. The maximum absolute atomic E-state index is 11.9. The molecule has 0 aliphatic carbocycles. The summed E-state index contributed by atoms with van der Waals surface area (Å²) in [7, 11) is 1.47. The predicted molar refractivity (Wildman–Crippen MR) is 83.6 cm³/mol. The van der Waals surface area contributed by atoms with Crippen LogP contribution in [-0.2, 0) is 14.3 Å². The smallest absolute Gasteiger partial charge is 0.363 e. The number of hydrogen-bond donors (Lipinski definition) is 0. The maximum Gasteiger partial charge on any atom is 0.363 e. The first-order chi connectivity index (χ1) is 11.6. The molecule has 24 heavy (non-hydrogen) atoms. The number of cyclic esters (lactones) is 1. The third-order valence-electron chi connectivity index (χ3n) is 3.10. The lowest BCUT2D eigenvalue weighted by Crippen LogP contribution is -2.04. The first-order valence-electron chi connectivity index (χ1n) is 6.99. The zero-order valence-corrected chi connectivity index (χ0v) is 12.9. The van der Waals surface area contributed by atoms with E-state index >= 15 is 0 Å². The molecule has 0 unspecified atom stereocenters. The molecule has 0 N–H and O–H groups in total. The fourth-order valence-electron chi connectivity index (χ4n) is 2.09. The minimum absolute atomic E-state index is 0.102. The Labute approximate surface area is 137 Å². The van der Waals surface area contributed by atoms with Crippen LogP contribution in [0.25, 0.3) is 6.08 Å². The highest BCUT2D eigenvalue weighted by Crippen LogP contribution is 2.30. The van der Waals surface area contributed by atoms with Crippen LogP contribution in [0.3, 0.4) is 0 Å². The number of aliphatic imine (C=N–C) groups is 1. The van der Waals surface area contributed by atoms with Crippen molar-refractivity contribution in [1.82, 2.24) is 0 Å². The highest BCUT2D eigenvalue weighted by atomic mass is 16.6. The standard InChI is InChI=1S/C17H13NO6/c1-10(19)23-15-9-11(5-6-13(15)21-2)8-12-17(20)24-16(18-12)14-4-3-7-22-14/h3-9H,1-2H3. The van der Waals surface area contributed by atoms with E-state index < -0.39 is 11.9 Å². The molecule has 0 saturated carbocycles. The van der Waals surface area contributed by atoms with Gasteiger partial charge in [0, 0.05) is 6.92 Å². The van der Waals surface area contributed by atoms with Gasteiger partial charge in [-0.2, -0.15) is 0 Å². The zero-order chi connectivity index (χ0) is 17.1. The average Bonchev–Trinajstić information content (AvgIpc) is 3.17. The van der Waals surface area contributed by atoms with Crippen LogP contribution in [0.4, 0.5) is 0 Å². The largest absolute Gasteiger partial charge is 0.493 e. The molecule has 0 fully saturated rings. The van der Waals surface area contributed by atoms with Crippen molar-refractivity contribution in [3.63, 3.8) is 0 Å². The van der Waals surface area contributed by atoms with Gasteiger partial charge < -0.3 is 18.6 Å². The SMILES string of the molecule is COc1ccc(C=C2N=C(c3ccco3)OC2=O)cc1OC(C)=O. The van der Waals surface area contributed by atoms with Crippen LogP contribution in [0.5, 0.6) is 11.5 Å². The summed E-state index contributed by atoms with van der Waals surface area (Å²) >= 11 is 0. The van der Waals surface area contributed by atoms with Crippen LogP contribution in [0, 0.1) is 0 Å². The second-order valence-corrected chi connectivity index (χ2v) is 4.82. The van der Waals surface area contributed by atoms with Gasteiger partial charge in [-0.05, 0) is 35.9 Å².